The number of rotatable bonds is 17. The number of thioether (sulfide) groups is 1. The number of carbonyl (C=O) groups excluding carboxylic acids is 3. The van der Waals surface area contributed by atoms with Gasteiger partial charge in [0, 0.05) is 23.5 Å². The molecule has 3 amide bonds. The van der Waals surface area contributed by atoms with Crippen molar-refractivity contribution in [1.29, 1.82) is 0 Å². The van der Waals surface area contributed by atoms with E-state index in [1.165, 1.54) is 0 Å². The van der Waals surface area contributed by atoms with Crippen molar-refractivity contribution in [3.63, 3.8) is 0 Å². The number of hydrogen-bond acceptors (Lipinski definition) is 8. The summed E-state index contributed by atoms with van der Waals surface area (Å²) in [5.74, 6) is -2.66. The molecule has 38 heavy (non-hydrogen) atoms. The first-order valence-electron chi connectivity index (χ1n) is 12.5. The van der Waals surface area contributed by atoms with Crippen molar-refractivity contribution >= 4 is 46.4 Å². The number of aromatic nitrogens is 1. The number of benzene rings is 1. The minimum absolute atomic E-state index is 0.0907. The number of fused-ring (bicyclic) bond motifs is 1. The molecule has 13 heteroatoms. The van der Waals surface area contributed by atoms with Crippen molar-refractivity contribution in [2.75, 3.05) is 25.2 Å². The zero-order valence-electron chi connectivity index (χ0n) is 21.4. The number of amides is 3. The molecule has 210 valence electrons. The van der Waals surface area contributed by atoms with E-state index in [4.69, 9.17) is 11.5 Å². The van der Waals surface area contributed by atoms with E-state index in [1.54, 1.807) is 18.0 Å². The maximum atomic E-state index is 13.3. The Morgan fingerprint density at radius 1 is 0.974 bits per heavy atom. The molecular weight excluding hydrogens is 512 g/mol. The normalized spacial score (nSPS) is 14.3. The van der Waals surface area contributed by atoms with E-state index in [9.17, 15) is 29.4 Å². The molecule has 0 bridgehead atoms. The largest absolute Gasteiger partial charge is 0.480 e. The molecule has 1 aromatic heterocycles. The van der Waals surface area contributed by atoms with Crippen LogP contribution in [0.2, 0.25) is 0 Å². The first-order chi connectivity index (χ1) is 18.2. The second-order valence-electron chi connectivity index (χ2n) is 8.94. The molecule has 0 aliphatic heterocycles. The van der Waals surface area contributed by atoms with Crippen molar-refractivity contribution in [2.24, 2.45) is 11.5 Å². The third kappa shape index (κ3) is 9.31. The summed E-state index contributed by atoms with van der Waals surface area (Å²) in [5, 5.41) is 27.6. The summed E-state index contributed by atoms with van der Waals surface area (Å²) < 4.78 is 0. The standard InChI is InChI=1S/C25H38N6O6S/c1-38-11-9-17(27)22(33)30-20(12-15-13-28-18-7-3-2-6-16(15)18)23(34)31-21(14-32)24(35)29-19(25(36)37)8-4-5-10-26/h2-3,6-7,13,17,19-21,28,32H,4-5,8-12,14,26-27H2,1H3,(H,29,35)(H,30,33)(H,31,34)(H,36,37). The number of aliphatic carboxylic acids is 1. The first-order valence-corrected chi connectivity index (χ1v) is 13.9. The molecule has 0 aliphatic carbocycles. The molecule has 0 spiro atoms. The van der Waals surface area contributed by atoms with Crippen LogP contribution in [0.1, 0.15) is 31.2 Å². The Bertz CT molecular complexity index is 1080. The summed E-state index contributed by atoms with van der Waals surface area (Å²) in [6.45, 7) is -0.381. The molecule has 2 aromatic rings. The van der Waals surface area contributed by atoms with E-state index < -0.39 is 54.5 Å². The number of carboxylic acids is 1. The van der Waals surface area contributed by atoms with Crippen LogP contribution >= 0.6 is 11.8 Å². The third-order valence-electron chi connectivity index (χ3n) is 6.08. The second kappa shape index (κ2) is 16.0. The van der Waals surface area contributed by atoms with E-state index >= 15 is 0 Å². The van der Waals surface area contributed by atoms with Crippen molar-refractivity contribution < 1.29 is 29.4 Å². The quantitative estimate of drug-likeness (QED) is 0.119. The van der Waals surface area contributed by atoms with Crippen molar-refractivity contribution in [2.45, 2.75) is 56.3 Å². The summed E-state index contributed by atoms with van der Waals surface area (Å²) in [7, 11) is 0. The lowest BCUT2D eigenvalue weighted by molar-refractivity contribution is -0.142. The summed E-state index contributed by atoms with van der Waals surface area (Å²) in [6.07, 6.45) is 5.36. The zero-order chi connectivity index (χ0) is 28.1. The monoisotopic (exact) mass is 550 g/mol. The van der Waals surface area contributed by atoms with Crippen molar-refractivity contribution in [1.82, 2.24) is 20.9 Å². The van der Waals surface area contributed by atoms with Crippen LogP contribution in [-0.4, -0.2) is 88.2 Å². The topological polar surface area (TPSA) is 213 Å². The number of aliphatic hydroxyl groups is 1. The molecule has 0 aliphatic rings. The number of nitrogens with two attached hydrogens (primary N) is 2. The molecular formula is C25H38N6O6S. The lowest BCUT2D eigenvalue weighted by Gasteiger charge is -2.24. The fraction of sp³-hybridized carbons (Fsp3) is 0.520. The smallest absolute Gasteiger partial charge is 0.326 e. The Labute approximate surface area is 225 Å². The van der Waals surface area contributed by atoms with Crippen molar-refractivity contribution in [3.05, 3.63) is 36.0 Å². The molecule has 1 heterocycles. The SMILES string of the molecule is CSCCC(N)C(=O)NC(Cc1c[nH]c2ccccc12)C(=O)NC(CO)C(=O)NC(CCCCN)C(=O)O. The third-order valence-corrected chi connectivity index (χ3v) is 6.72. The summed E-state index contributed by atoms with van der Waals surface area (Å²) in [5.41, 5.74) is 13.1. The molecule has 0 saturated carbocycles. The second-order valence-corrected chi connectivity index (χ2v) is 9.93. The molecule has 1 aromatic carbocycles. The van der Waals surface area contributed by atoms with Gasteiger partial charge in [-0.2, -0.15) is 11.8 Å². The average molecular weight is 551 g/mol. The average Bonchev–Trinajstić information content (AvgIpc) is 3.31. The molecule has 0 saturated heterocycles. The van der Waals surface area contributed by atoms with Gasteiger partial charge in [0.2, 0.25) is 17.7 Å². The molecule has 4 atom stereocenters. The van der Waals surface area contributed by atoms with Gasteiger partial charge >= 0.3 is 5.97 Å². The lowest BCUT2D eigenvalue weighted by atomic mass is 10.0. The predicted molar refractivity (Wildman–Crippen MR) is 146 cm³/mol. The van der Waals surface area contributed by atoms with E-state index in [0.29, 0.717) is 31.6 Å². The number of H-pyrrole nitrogens is 1. The highest BCUT2D eigenvalue weighted by Gasteiger charge is 2.30. The highest BCUT2D eigenvalue weighted by atomic mass is 32.2. The molecule has 10 N–H and O–H groups in total. The fourth-order valence-electron chi connectivity index (χ4n) is 3.87. The maximum absolute atomic E-state index is 13.3. The Kier molecular flexibility index (Phi) is 13.1. The Morgan fingerprint density at radius 2 is 1.63 bits per heavy atom. The molecule has 2 rings (SSSR count). The van der Waals surface area contributed by atoms with Gasteiger partial charge in [-0.25, -0.2) is 4.79 Å². The lowest BCUT2D eigenvalue weighted by Crippen LogP contribution is -2.58. The van der Waals surface area contributed by atoms with Gasteiger partial charge in [0.1, 0.15) is 18.1 Å². The van der Waals surface area contributed by atoms with Gasteiger partial charge in [0.05, 0.1) is 12.6 Å². The highest BCUT2D eigenvalue weighted by molar-refractivity contribution is 7.98. The van der Waals surface area contributed by atoms with Crippen molar-refractivity contribution in [3.8, 4) is 0 Å². The van der Waals surface area contributed by atoms with Crippen LogP contribution in [0.25, 0.3) is 10.9 Å². The van der Waals surface area contributed by atoms with Crippen LogP contribution in [0.15, 0.2) is 30.5 Å². The van der Waals surface area contributed by atoms with E-state index in [0.717, 1.165) is 16.5 Å². The van der Waals surface area contributed by atoms with Gasteiger partial charge in [-0.05, 0) is 55.9 Å². The van der Waals surface area contributed by atoms with E-state index in [2.05, 4.69) is 20.9 Å². The number of nitrogens with one attached hydrogen (secondary N) is 4. The van der Waals surface area contributed by atoms with Gasteiger partial charge in [-0.1, -0.05) is 18.2 Å². The van der Waals surface area contributed by atoms with Gasteiger partial charge in [0.25, 0.3) is 0 Å². The number of aromatic amines is 1. The highest BCUT2D eigenvalue weighted by Crippen LogP contribution is 2.19. The Morgan fingerprint density at radius 3 is 2.29 bits per heavy atom. The van der Waals surface area contributed by atoms with Gasteiger partial charge < -0.3 is 42.6 Å². The summed E-state index contributed by atoms with van der Waals surface area (Å²) in [6, 6.07) is 2.91. The minimum atomic E-state index is -1.42. The maximum Gasteiger partial charge on any atom is 0.326 e. The van der Waals surface area contributed by atoms with E-state index in [1.807, 2.05) is 30.5 Å². The van der Waals surface area contributed by atoms with Gasteiger partial charge in [-0.3, -0.25) is 14.4 Å². The first kappa shape index (κ1) is 31.1. The Balaban J connectivity index is 2.18. The number of aliphatic hydroxyl groups excluding tert-OH is 1. The fourth-order valence-corrected chi connectivity index (χ4v) is 4.36. The minimum Gasteiger partial charge on any atom is -0.480 e. The van der Waals surface area contributed by atoms with Crippen LogP contribution in [0.5, 0.6) is 0 Å². The predicted octanol–water partition coefficient (Wildman–Crippen LogP) is -0.549. The number of carbonyl (C=O) groups is 4. The number of hydrogen-bond donors (Lipinski definition) is 8. The molecule has 0 fully saturated rings. The summed E-state index contributed by atoms with van der Waals surface area (Å²) >= 11 is 1.54. The zero-order valence-corrected chi connectivity index (χ0v) is 22.3. The molecule has 4 unspecified atom stereocenters. The Hall–Kier alpha value is -3.13. The van der Waals surface area contributed by atoms with Crippen LogP contribution in [0.4, 0.5) is 0 Å². The number of unbranched alkanes of at least 4 members (excludes halogenated alkanes) is 1. The van der Waals surface area contributed by atoms with Crippen LogP contribution in [0, 0.1) is 0 Å². The van der Waals surface area contributed by atoms with Gasteiger partial charge in [0.15, 0.2) is 0 Å². The van der Waals surface area contributed by atoms with Gasteiger partial charge in [-0.15, -0.1) is 0 Å². The summed E-state index contributed by atoms with van der Waals surface area (Å²) in [4.78, 5) is 53.4. The molecule has 0 radical (unpaired) electrons. The van der Waals surface area contributed by atoms with Crippen LogP contribution < -0.4 is 27.4 Å². The van der Waals surface area contributed by atoms with E-state index in [-0.39, 0.29) is 12.8 Å². The van der Waals surface area contributed by atoms with Crippen LogP contribution in [-0.2, 0) is 25.6 Å². The van der Waals surface area contributed by atoms with Crippen LogP contribution in [0.3, 0.4) is 0 Å². The molecule has 12 nitrogen and oxygen atoms in total. The number of carboxylic acid groups (broad SMARTS) is 1. The number of para-hydroxylation sites is 1.